The Labute approximate surface area is 108 Å². The van der Waals surface area contributed by atoms with E-state index >= 15 is 0 Å². The molecule has 0 unspecified atom stereocenters. The summed E-state index contributed by atoms with van der Waals surface area (Å²) in [5.41, 5.74) is -0.162. The van der Waals surface area contributed by atoms with E-state index < -0.39 is 11.4 Å². The van der Waals surface area contributed by atoms with Crippen LogP contribution in [0.3, 0.4) is 0 Å². The highest BCUT2D eigenvalue weighted by atomic mass is 79.9. The number of rotatable bonds is 3. The fraction of sp³-hybridized carbons (Fsp3) is 0.333. The van der Waals surface area contributed by atoms with Gasteiger partial charge in [-0.1, -0.05) is 0 Å². The molecule has 0 aliphatic carbocycles. The van der Waals surface area contributed by atoms with Gasteiger partial charge < -0.3 is 9.84 Å². The lowest BCUT2D eigenvalue weighted by Crippen LogP contribution is -2.30. The third-order valence-electron chi connectivity index (χ3n) is 2.64. The first-order chi connectivity index (χ1) is 7.84. The van der Waals surface area contributed by atoms with E-state index in [1.54, 1.807) is 19.9 Å². The summed E-state index contributed by atoms with van der Waals surface area (Å²) >= 11 is 3.14. The first-order valence-electron chi connectivity index (χ1n) is 4.91. The zero-order chi connectivity index (χ0) is 13.2. The van der Waals surface area contributed by atoms with Crippen LogP contribution in [0, 0.1) is 0 Å². The van der Waals surface area contributed by atoms with Gasteiger partial charge in [0.15, 0.2) is 6.29 Å². The van der Waals surface area contributed by atoms with Crippen LogP contribution in [0.25, 0.3) is 0 Å². The molecular formula is C12H13BrO4. The largest absolute Gasteiger partial charge is 0.506 e. The fourth-order valence-corrected chi connectivity index (χ4v) is 1.92. The molecule has 0 aromatic heterocycles. The summed E-state index contributed by atoms with van der Waals surface area (Å²) in [7, 11) is 1.31. The van der Waals surface area contributed by atoms with Crippen LogP contribution < -0.4 is 0 Å². The van der Waals surface area contributed by atoms with Crippen LogP contribution in [0.4, 0.5) is 0 Å². The summed E-state index contributed by atoms with van der Waals surface area (Å²) in [6, 6.07) is 3.07. The number of aldehydes is 1. The minimum Gasteiger partial charge on any atom is -0.506 e. The van der Waals surface area contributed by atoms with E-state index in [0.717, 1.165) is 0 Å². The predicted octanol–water partition coefficient (Wildman–Crippen LogP) is 2.42. The Kier molecular flexibility index (Phi) is 3.93. The predicted molar refractivity (Wildman–Crippen MR) is 66.2 cm³/mol. The maximum Gasteiger partial charge on any atom is 0.315 e. The molecule has 0 fully saturated rings. The van der Waals surface area contributed by atoms with Crippen LogP contribution in [0.5, 0.6) is 5.75 Å². The number of carbonyl (C=O) groups excluding carboxylic acids is 2. The van der Waals surface area contributed by atoms with Crippen molar-refractivity contribution in [3.63, 3.8) is 0 Å². The maximum atomic E-state index is 11.6. The van der Waals surface area contributed by atoms with Crippen molar-refractivity contribution in [2.24, 2.45) is 0 Å². The van der Waals surface area contributed by atoms with Crippen molar-refractivity contribution in [1.82, 2.24) is 0 Å². The van der Waals surface area contributed by atoms with Crippen LogP contribution in [-0.4, -0.2) is 24.5 Å². The SMILES string of the molecule is COC(=O)C(C)(C)c1cc(Br)c(O)c(C=O)c1. The van der Waals surface area contributed by atoms with Gasteiger partial charge in [-0.2, -0.15) is 0 Å². The number of hydrogen-bond donors (Lipinski definition) is 1. The Hall–Kier alpha value is -1.36. The summed E-state index contributed by atoms with van der Waals surface area (Å²) in [5, 5.41) is 9.59. The summed E-state index contributed by atoms with van der Waals surface area (Å²) in [6.45, 7) is 3.37. The molecule has 1 aromatic carbocycles. The van der Waals surface area contributed by atoms with Crippen molar-refractivity contribution in [3.05, 3.63) is 27.7 Å². The maximum absolute atomic E-state index is 11.6. The molecule has 1 aromatic rings. The van der Waals surface area contributed by atoms with E-state index in [1.165, 1.54) is 13.2 Å². The number of methoxy groups -OCH3 is 1. The average Bonchev–Trinajstić information content (AvgIpc) is 2.30. The second kappa shape index (κ2) is 4.87. The molecule has 5 heteroatoms. The van der Waals surface area contributed by atoms with Gasteiger partial charge in [0.1, 0.15) is 5.75 Å². The van der Waals surface area contributed by atoms with Crippen molar-refractivity contribution in [2.75, 3.05) is 7.11 Å². The molecule has 0 bridgehead atoms. The molecule has 0 atom stereocenters. The zero-order valence-electron chi connectivity index (χ0n) is 9.78. The molecule has 92 valence electrons. The number of esters is 1. The first kappa shape index (κ1) is 13.7. The number of hydrogen-bond acceptors (Lipinski definition) is 4. The number of ether oxygens (including phenoxy) is 1. The van der Waals surface area contributed by atoms with E-state index in [4.69, 9.17) is 4.74 Å². The van der Waals surface area contributed by atoms with E-state index in [1.807, 2.05) is 0 Å². The molecule has 0 radical (unpaired) electrons. The topological polar surface area (TPSA) is 63.6 Å². The number of aromatic hydroxyl groups is 1. The van der Waals surface area contributed by atoms with Gasteiger partial charge in [-0.15, -0.1) is 0 Å². The van der Waals surface area contributed by atoms with Gasteiger partial charge >= 0.3 is 5.97 Å². The van der Waals surface area contributed by atoms with Crippen molar-refractivity contribution < 1.29 is 19.4 Å². The molecule has 0 amide bonds. The standard InChI is InChI=1S/C12H13BrO4/c1-12(2,11(16)17-3)8-4-7(6-14)10(15)9(13)5-8/h4-6,15H,1-3H3. The van der Waals surface area contributed by atoms with E-state index in [-0.39, 0.29) is 11.3 Å². The molecular weight excluding hydrogens is 288 g/mol. The van der Waals surface area contributed by atoms with Crippen molar-refractivity contribution in [3.8, 4) is 5.75 Å². The Morgan fingerprint density at radius 3 is 2.53 bits per heavy atom. The molecule has 17 heavy (non-hydrogen) atoms. The first-order valence-corrected chi connectivity index (χ1v) is 5.70. The summed E-state index contributed by atoms with van der Waals surface area (Å²) in [4.78, 5) is 22.4. The number of benzene rings is 1. The van der Waals surface area contributed by atoms with Gasteiger partial charge in [-0.25, -0.2) is 0 Å². The van der Waals surface area contributed by atoms with E-state index in [2.05, 4.69) is 15.9 Å². The Morgan fingerprint density at radius 2 is 2.06 bits per heavy atom. The number of phenolic OH excluding ortho intramolecular Hbond substituents is 1. The van der Waals surface area contributed by atoms with Crippen molar-refractivity contribution in [1.29, 1.82) is 0 Å². The van der Waals surface area contributed by atoms with Gasteiger partial charge in [-0.05, 0) is 47.5 Å². The lowest BCUT2D eigenvalue weighted by atomic mass is 9.84. The Bertz CT molecular complexity index is 466. The molecule has 0 saturated carbocycles. The monoisotopic (exact) mass is 300 g/mol. The average molecular weight is 301 g/mol. The Morgan fingerprint density at radius 1 is 1.47 bits per heavy atom. The van der Waals surface area contributed by atoms with E-state index in [0.29, 0.717) is 16.3 Å². The summed E-state index contributed by atoms with van der Waals surface area (Å²) in [6.07, 6.45) is 0.539. The molecule has 0 spiro atoms. The molecule has 0 saturated heterocycles. The highest BCUT2D eigenvalue weighted by Gasteiger charge is 2.32. The van der Waals surface area contributed by atoms with Crippen molar-refractivity contribution in [2.45, 2.75) is 19.3 Å². The smallest absolute Gasteiger partial charge is 0.315 e. The summed E-state index contributed by atoms with van der Waals surface area (Å²) < 4.78 is 5.08. The summed E-state index contributed by atoms with van der Waals surface area (Å²) in [5.74, 6) is -0.545. The molecule has 1 N–H and O–H groups in total. The minimum atomic E-state index is -0.886. The number of halogens is 1. The molecule has 0 heterocycles. The minimum absolute atomic E-state index is 0.131. The van der Waals surface area contributed by atoms with Gasteiger partial charge in [0, 0.05) is 0 Å². The molecule has 1 rings (SSSR count). The van der Waals surface area contributed by atoms with Crippen LogP contribution in [0.1, 0.15) is 29.8 Å². The highest BCUT2D eigenvalue weighted by molar-refractivity contribution is 9.10. The van der Waals surface area contributed by atoms with Crippen LogP contribution in [0.2, 0.25) is 0 Å². The Balaban J connectivity index is 3.37. The number of carbonyl (C=O) groups is 2. The fourth-order valence-electron chi connectivity index (χ4n) is 1.44. The second-order valence-electron chi connectivity index (χ2n) is 4.13. The second-order valence-corrected chi connectivity index (χ2v) is 4.98. The van der Waals surface area contributed by atoms with Crippen LogP contribution >= 0.6 is 15.9 Å². The molecule has 0 aliphatic heterocycles. The van der Waals surface area contributed by atoms with Crippen LogP contribution in [0.15, 0.2) is 16.6 Å². The van der Waals surface area contributed by atoms with Crippen LogP contribution in [-0.2, 0) is 14.9 Å². The van der Waals surface area contributed by atoms with Gasteiger partial charge in [0.25, 0.3) is 0 Å². The third kappa shape index (κ3) is 2.49. The third-order valence-corrected chi connectivity index (χ3v) is 3.24. The van der Waals surface area contributed by atoms with Gasteiger partial charge in [-0.3, -0.25) is 9.59 Å². The van der Waals surface area contributed by atoms with Gasteiger partial charge in [0.2, 0.25) is 0 Å². The normalized spacial score (nSPS) is 11.1. The zero-order valence-corrected chi connectivity index (χ0v) is 11.4. The molecule has 0 aliphatic rings. The number of phenols is 1. The lowest BCUT2D eigenvalue weighted by Gasteiger charge is -2.22. The van der Waals surface area contributed by atoms with E-state index in [9.17, 15) is 14.7 Å². The lowest BCUT2D eigenvalue weighted by molar-refractivity contribution is -0.146. The van der Waals surface area contributed by atoms with Gasteiger partial charge in [0.05, 0.1) is 22.6 Å². The highest BCUT2D eigenvalue weighted by Crippen LogP contribution is 2.34. The van der Waals surface area contributed by atoms with Crippen molar-refractivity contribution >= 4 is 28.2 Å². The quantitative estimate of drug-likeness (QED) is 0.688. The molecule has 4 nitrogen and oxygen atoms in total.